The lowest BCUT2D eigenvalue weighted by Crippen LogP contribution is -2.43. The van der Waals surface area contributed by atoms with Crippen molar-refractivity contribution in [2.24, 2.45) is 0 Å². The highest BCUT2D eigenvalue weighted by Crippen LogP contribution is 2.14. The number of nitriles is 1. The first-order valence-corrected chi connectivity index (χ1v) is 6.16. The fourth-order valence-corrected chi connectivity index (χ4v) is 1.88. The van der Waals surface area contributed by atoms with Gasteiger partial charge in [-0.25, -0.2) is 0 Å². The first-order valence-electron chi connectivity index (χ1n) is 6.16. The number of rotatable bonds is 5. The highest BCUT2D eigenvalue weighted by molar-refractivity contribution is 5.78. The van der Waals surface area contributed by atoms with E-state index in [1.54, 1.807) is 0 Å². The Balaban J connectivity index is 2.51. The van der Waals surface area contributed by atoms with Crippen LogP contribution in [0.4, 0.5) is 0 Å². The Hall–Kier alpha value is -1.82. The lowest BCUT2D eigenvalue weighted by molar-refractivity contribution is -0.121. The summed E-state index contributed by atoms with van der Waals surface area (Å²) < 4.78 is 0. The van der Waals surface area contributed by atoms with E-state index in [1.165, 1.54) is 11.1 Å². The van der Waals surface area contributed by atoms with E-state index in [1.807, 2.05) is 26.0 Å². The maximum absolute atomic E-state index is 11.4. The minimum absolute atomic E-state index is 0.0755. The third-order valence-electron chi connectivity index (χ3n) is 2.84. The van der Waals surface area contributed by atoms with Crippen LogP contribution < -0.4 is 5.32 Å². The van der Waals surface area contributed by atoms with Crippen LogP contribution in [0.1, 0.15) is 37.8 Å². The van der Waals surface area contributed by atoms with Crippen LogP contribution in [-0.4, -0.2) is 11.4 Å². The van der Waals surface area contributed by atoms with Crippen molar-refractivity contribution in [2.45, 2.75) is 45.6 Å². The monoisotopic (exact) mass is 244 g/mol. The smallest absolute Gasteiger partial charge is 0.234 e. The highest BCUT2D eigenvalue weighted by Gasteiger charge is 2.19. The van der Waals surface area contributed by atoms with E-state index < -0.39 is 0 Å². The van der Waals surface area contributed by atoms with E-state index in [-0.39, 0.29) is 17.9 Å². The van der Waals surface area contributed by atoms with Gasteiger partial charge in [-0.05, 0) is 39.2 Å². The van der Waals surface area contributed by atoms with E-state index in [2.05, 4.69) is 30.4 Å². The third kappa shape index (κ3) is 5.01. The molecular formula is C15H20N2O. The molecule has 0 saturated carbocycles. The molecule has 3 nitrogen and oxygen atoms in total. The van der Waals surface area contributed by atoms with Gasteiger partial charge in [0.05, 0.1) is 6.07 Å². The Labute approximate surface area is 109 Å². The molecule has 0 saturated heterocycles. The second-order valence-corrected chi connectivity index (χ2v) is 5.26. The lowest BCUT2D eigenvalue weighted by Gasteiger charge is -2.26. The number of nitrogens with zero attached hydrogens (tertiary/aromatic N) is 1. The van der Waals surface area contributed by atoms with Crippen LogP contribution in [-0.2, 0) is 11.2 Å². The van der Waals surface area contributed by atoms with Gasteiger partial charge in [-0.2, -0.15) is 5.26 Å². The van der Waals surface area contributed by atoms with Crippen LogP contribution in [0.5, 0.6) is 0 Å². The number of hydrogen-bond acceptors (Lipinski definition) is 2. The van der Waals surface area contributed by atoms with Crippen LogP contribution in [0.2, 0.25) is 0 Å². The largest absolute Gasteiger partial charge is 0.350 e. The van der Waals surface area contributed by atoms with E-state index >= 15 is 0 Å². The van der Waals surface area contributed by atoms with E-state index in [0.29, 0.717) is 0 Å². The highest BCUT2D eigenvalue weighted by atomic mass is 16.1. The summed E-state index contributed by atoms with van der Waals surface area (Å²) in [4.78, 5) is 11.4. The number of aryl methyl sites for hydroxylation is 2. The SMILES string of the molecule is Cc1cccc(CCC(C)(C)NC(=O)CC#N)c1. The maximum Gasteiger partial charge on any atom is 0.234 e. The molecule has 0 bridgehead atoms. The molecular weight excluding hydrogens is 224 g/mol. The average Bonchev–Trinajstić information content (AvgIpc) is 2.26. The van der Waals surface area contributed by atoms with Gasteiger partial charge in [0.15, 0.2) is 0 Å². The van der Waals surface area contributed by atoms with Gasteiger partial charge < -0.3 is 5.32 Å². The van der Waals surface area contributed by atoms with Gasteiger partial charge in [-0.15, -0.1) is 0 Å². The summed E-state index contributed by atoms with van der Waals surface area (Å²) in [5, 5.41) is 11.3. The summed E-state index contributed by atoms with van der Waals surface area (Å²) in [7, 11) is 0. The van der Waals surface area contributed by atoms with Gasteiger partial charge in [-0.1, -0.05) is 29.8 Å². The molecule has 1 aromatic carbocycles. The van der Waals surface area contributed by atoms with E-state index in [0.717, 1.165) is 12.8 Å². The predicted molar refractivity (Wildman–Crippen MR) is 72.0 cm³/mol. The molecule has 0 heterocycles. The minimum Gasteiger partial charge on any atom is -0.350 e. The van der Waals surface area contributed by atoms with Crippen LogP contribution in [0.3, 0.4) is 0 Å². The van der Waals surface area contributed by atoms with Crippen LogP contribution >= 0.6 is 0 Å². The normalized spacial score (nSPS) is 10.8. The zero-order valence-electron chi connectivity index (χ0n) is 11.3. The standard InChI is InChI=1S/C15H20N2O/c1-12-5-4-6-13(11-12)7-9-15(2,3)17-14(18)8-10-16/h4-6,11H,7-9H2,1-3H3,(H,17,18). The summed E-state index contributed by atoms with van der Waals surface area (Å²) >= 11 is 0. The Kier molecular flexibility index (Phi) is 4.91. The molecule has 0 aliphatic rings. The van der Waals surface area contributed by atoms with Gasteiger partial charge in [0, 0.05) is 5.54 Å². The molecule has 0 aliphatic carbocycles. The van der Waals surface area contributed by atoms with Crippen molar-refractivity contribution in [1.82, 2.24) is 5.32 Å². The van der Waals surface area contributed by atoms with Crippen molar-refractivity contribution in [3.63, 3.8) is 0 Å². The van der Waals surface area contributed by atoms with Crippen LogP contribution in [0, 0.1) is 18.3 Å². The number of amides is 1. The molecule has 1 rings (SSSR count). The van der Waals surface area contributed by atoms with E-state index in [9.17, 15) is 4.79 Å². The Bertz CT molecular complexity index is 458. The molecule has 96 valence electrons. The second kappa shape index (κ2) is 6.20. The zero-order chi connectivity index (χ0) is 13.6. The van der Waals surface area contributed by atoms with Gasteiger partial charge in [-0.3, -0.25) is 4.79 Å². The second-order valence-electron chi connectivity index (χ2n) is 5.26. The Morgan fingerprint density at radius 3 is 2.78 bits per heavy atom. The number of carbonyl (C=O) groups excluding carboxylic acids is 1. The van der Waals surface area contributed by atoms with Crippen molar-refractivity contribution in [3.05, 3.63) is 35.4 Å². The maximum atomic E-state index is 11.4. The number of nitrogens with one attached hydrogen (secondary N) is 1. The fraction of sp³-hybridized carbons (Fsp3) is 0.467. The quantitative estimate of drug-likeness (QED) is 0.865. The first-order chi connectivity index (χ1) is 8.43. The van der Waals surface area contributed by atoms with Crippen molar-refractivity contribution in [3.8, 4) is 6.07 Å². The molecule has 0 aromatic heterocycles. The summed E-state index contributed by atoms with van der Waals surface area (Å²) in [6.45, 7) is 6.04. The van der Waals surface area contributed by atoms with Crippen LogP contribution in [0.15, 0.2) is 24.3 Å². The van der Waals surface area contributed by atoms with Gasteiger partial charge in [0.1, 0.15) is 6.42 Å². The van der Waals surface area contributed by atoms with Gasteiger partial charge >= 0.3 is 0 Å². The van der Waals surface area contributed by atoms with Crippen molar-refractivity contribution >= 4 is 5.91 Å². The Morgan fingerprint density at radius 1 is 1.44 bits per heavy atom. The molecule has 1 aromatic rings. The van der Waals surface area contributed by atoms with Gasteiger partial charge in [0.25, 0.3) is 0 Å². The fourth-order valence-electron chi connectivity index (χ4n) is 1.88. The third-order valence-corrected chi connectivity index (χ3v) is 2.84. The molecule has 1 N–H and O–H groups in total. The average molecular weight is 244 g/mol. The Morgan fingerprint density at radius 2 is 2.17 bits per heavy atom. The number of hydrogen-bond donors (Lipinski definition) is 1. The zero-order valence-corrected chi connectivity index (χ0v) is 11.3. The number of carbonyl (C=O) groups is 1. The molecule has 0 aliphatic heterocycles. The summed E-state index contributed by atoms with van der Waals surface area (Å²) in [6, 6.07) is 10.2. The van der Waals surface area contributed by atoms with Crippen molar-refractivity contribution in [2.75, 3.05) is 0 Å². The predicted octanol–water partition coefficient (Wildman–Crippen LogP) is 2.74. The summed E-state index contributed by atoms with van der Waals surface area (Å²) in [6.07, 6.45) is 1.70. The topological polar surface area (TPSA) is 52.9 Å². The van der Waals surface area contributed by atoms with Crippen molar-refractivity contribution < 1.29 is 4.79 Å². The molecule has 3 heteroatoms. The van der Waals surface area contributed by atoms with Crippen molar-refractivity contribution in [1.29, 1.82) is 5.26 Å². The van der Waals surface area contributed by atoms with Crippen LogP contribution in [0.25, 0.3) is 0 Å². The minimum atomic E-state index is -0.280. The molecule has 0 radical (unpaired) electrons. The van der Waals surface area contributed by atoms with E-state index in [4.69, 9.17) is 5.26 Å². The lowest BCUT2D eigenvalue weighted by atomic mass is 9.94. The summed E-state index contributed by atoms with van der Waals surface area (Å²) in [5.74, 6) is -0.202. The number of benzene rings is 1. The molecule has 0 spiro atoms. The molecule has 0 atom stereocenters. The molecule has 1 amide bonds. The van der Waals surface area contributed by atoms with Gasteiger partial charge in [0.2, 0.25) is 5.91 Å². The first kappa shape index (κ1) is 14.2. The summed E-state index contributed by atoms with van der Waals surface area (Å²) in [5.41, 5.74) is 2.24. The molecule has 18 heavy (non-hydrogen) atoms. The molecule has 0 unspecified atom stereocenters. The molecule has 0 fully saturated rings.